The van der Waals surface area contributed by atoms with Crippen LogP contribution >= 0.6 is 15.9 Å². The summed E-state index contributed by atoms with van der Waals surface area (Å²) in [7, 11) is -1.39. The van der Waals surface area contributed by atoms with Crippen molar-refractivity contribution in [2.75, 3.05) is 13.3 Å². The van der Waals surface area contributed by atoms with Crippen molar-refractivity contribution in [2.24, 2.45) is 0 Å². The summed E-state index contributed by atoms with van der Waals surface area (Å²) in [6, 6.07) is 1.40. The van der Waals surface area contributed by atoms with Gasteiger partial charge >= 0.3 is 0 Å². The van der Waals surface area contributed by atoms with E-state index in [-0.39, 0.29) is 6.04 Å². The first-order valence-electron chi connectivity index (χ1n) is 4.47. The van der Waals surface area contributed by atoms with Crippen LogP contribution < -0.4 is 5.32 Å². The van der Waals surface area contributed by atoms with Crippen molar-refractivity contribution in [2.45, 2.75) is 18.2 Å². The molecule has 0 aliphatic carbocycles. The minimum Gasteiger partial charge on any atom is -0.466 e. The van der Waals surface area contributed by atoms with Gasteiger partial charge in [0.05, 0.1) is 22.0 Å². The van der Waals surface area contributed by atoms with Gasteiger partial charge in [-0.3, -0.25) is 0 Å². The third-order valence-corrected chi connectivity index (χ3v) is 4.66. The molecule has 6 heteroatoms. The molecule has 1 aromatic heterocycles. The van der Waals surface area contributed by atoms with Gasteiger partial charge in [0.2, 0.25) is 0 Å². The maximum atomic E-state index is 11.4. The molecule has 0 aromatic carbocycles. The molecular formula is C9H14BrNO3S. The Morgan fingerprint density at radius 1 is 1.53 bits per heavy atom. The summed E-state index contributed by atoms with van der Waals surface area (Å²) < 4.78 is 28.9. The van der Waals surface area contributed by atoms with Crippen LogP contribution in [-0.4, -0.2) is 27.0 Å². The summed E-state index contributed by atoms with van der Waals surface area (Å²) in [5.41, 5.74) is 0. The Bertz CT molecular complexity index is 426. The molecular weight excluding hydrogens is 282 g/mol. The summed E-state index contributed by atoms with van der Waals surface area (Å²) in [4.78, 5) is 0. The van der Waals surface area contributed by atoms with Crippen LogP contribution in [0.4, 0.5) is 0 Å². The Morgan fingerprint density at radius 2 is 2.13 bits per heavy atom. The van der Waals surface area contributed by atoms with E-state index >= 15 is 0 Å². The van der Waals surface area contributed by atoms with E-state index in [9.17, 15) is 8.42 Å². The fourth-order valence-electron chi connectivity index (χ4n) is 1.35. The molecule has 0 aliphatic rings. The number of sulfone groups is 1. The molecule has 0 amide bonds. The van der Waals surface area contributed by atoms with Gasteiger partial charge in [-0.2, -0.15) is 0 Å². The van der Waals surface area contributed by atoms with Gasteiger partial charge < -0.3 is 9.73 Å². The first-order chi connectivity index (χ1) is 6.88. The number of hydrogen-bond donors (Lipinski definition) is 1. The number of rotatable bonds is 4. The fraction of sp³-hybridized carbons (Fsp3) is 0.556. The predicted molar refractivity (Wildman–Crippen MR) is 62.5 cm³/mol. The van der Waals surface area contributed by atoms with Crippen LogP contribution in [0.5, 0.6) is 0 Å². The average Bonchev–Trinajstić information content (AvgIpc) is 2.52. The first-order valence-corrected chi connectivity index (χ1v) is 7.21. The molecule has 86 valence electrons. The molecule has 1 heterocycles. The summed E-state index contributed by atoms with van der Waals surface area (Å²) in [5, 5.41) is 2.41. The number of hydrogen-bond acceptors (Lipinski definition) is 4. The van der Waals surface area contributed by atoms with Gasteiger partial charge in [-0.25, -0.2) is 8.42 Å². The summed E-state index contributed by atoms with van der Waals surface area (Å²) in [6.45, 7) is 1.66. The molecule has 0 fully saturated rings. The SMILES string of the molecule is CNC(c1occc1Br)C(C)S(C)(=O)=O. The maximum absolute atomic E-state index is 11.4. The minimum atomic E-state index is -3.10. The highest BCUT2D eigenvalue weighted by Crippen LogP contribution is 2.28. The zero-order valence-electron chi connectivity index (χ0n) is 8.82. The Morgan fingerprint density at radius 3 is 2.47 bits per heavy atom. The Kier molecular flexibility index (Phi) is 3.97. The second kappa shape index (κ2) is 4.67. The molecule has 0 aliphatic heterocycles. The maximum Gasteiger partial charge on any atom is 0.152 e. The van der Waals surface area contributed by atoms with E-state index in [1.165, 1.54) is 12.5 Å². The van der Waals surface area contributed by atoms with Crippen molar-refractivity contribution in [3.63, 3.8) is 0 Å². The van der Waals surface area contributed by atoms with Crippen LogP contribution in [0.3, 0.4) is 0 Å². The van der Waals surface area contributed by atoms with Crippen LogP contribution in [0.25, 0.3) is 0 Å². The molecule has 2 unspecified atom stereocenters. The van der Waals surface area contributed by atoms with Crippen molar-refractivity contribution in [3.8, 4) is 0 Å². The highest BCUT2D eigenvalue weighted by atomic mass is 79.9. The Balaban J connectivity index is 3.06. The number of furan rings is 1. The molecule has 0 saturated carbocycles. The van der Waals surface area contributed by atoms with Gasteiger partial charge in [0.1, 0.15) is 5.76 Å². The van der Waals surface area contributed by atoms with E-state index in [1.54, 1.807) is 20.0 Å². The second-order valence-corrected chi connectivity index (χ2v) is 6.69. The highest BCUT2D eigenvalue weighted by Gasteiger charge is 2.29. The van der Waals surface area contributed by atoms with Crippen LogP contribution in [-0.2, 0) is 9.84 Å². The van der Waals surface area contributed by atoms with Crippen LogP contribution in [0, 0.1) is 0 Å². The van der Waals surface area contributed by atoms with E-state index in [1.807, 2.05) is 0 Å². The molecule has 1 aromatic rings. The van der Waals surface area contributed by atoms with E-state index in [0.29, 0.717) is 5.76 Å². The van der Waals surface area contributed by atoms with Crippen molar-refractivity contribution in [3.05, 3.63) is 22.6 Å². The van der Waals surface area contributed by atoms with Gasteiger partial charge in [-0.1, -0.05) is 0 Å². The quantitative estimate of drug-likeness (QED) is 0.919. The average molecular weight is 296 g/mol. The predicted octanol–water partition coefficient (Wildman–Crippen LogP) is 1.74. The van der Waals surface area contributed by atoms with Crippen molar-refractivity contribution < 1.29 is 12.8 Å². The van der Waals surface area contributed by atoms with Gasteiger partial charge in [0.15, 0.2) is 9.84 Å². The van der Waals surface area contributed by atoms with E-state index in [4.69, 9.17) is 4.42 Å². The smallest absolute Gasteiger partial charge is 0.152 e. The summed E-state index contributed by atoms with van der Waals surface area (Å²) in [6.07, 6.45) is 2.75. The first kappa shape index (κ1) is 12.7. The second-order valence-electron chi connectivity index (χ2n) is 3.43. The molecule has 1 rings (SSSR count). The van der Waals surface area contributed by atoms with E-state index in [2.05, 4.69) is 21.2 Å². The van der Waals surface area contributed by atoms with Crippen LogP contribution in [0.2, 0.25) is 0 Å². The molecule has 0 spiro atoms. The zero-order chi connectivity index (χ0) is 11.6. The summed E-state index contributed by atoms with van der Waals surface area (Å²) in [5.74, 6) is 0.607. The van der Waals surface area contributed by atoms with Crippen molar-refractivity contribution in [1.29, 1.82) is 0 Å². The standard InChI is InChI=1S/C9H14BrNO3S/c1-6(15(3,12)13)8(11-2)9-7(10)4-5-14-9/h4-6,8,11H,1-3H3. The fourth-order valence-corrected chi connectivity index (χ4v) is 2.56. The van der Waals surface area contributed by atoms with Gasteiger partial charge in [-0.15, -0.1) is 0 Å². The number of nitrogens with one attached hydrogen (secondary N) is 1. The van der Waals surface area contributed by atoms with Crippen LogP contribution in [0.1, 0.15) is 18.7 Å². The van der Waals surface area contributed by atoms with Crippen molar-refractivity contribution >= 4 is 25.8 Å². The Labute approximate surface area is 98.1 Å². The molecule has 0 saturated heterocycles. The third-order valence-electron chi connectivity index (χ3n) is 2.38. The zero-order valence-corrected chi connectivity index (χ0v) is 11.2. The normalized spacial score (nSPS) is 16.3. The molecule has 0 bridgehead atoms. The highest BCUT2D eigenvalue weighted by molar-refractivity contribution is 9.10. The monoisotopic (exact) mass is 295 g/mol. The lowest BCUT2D eigenvalue weighted by Gasteiger charge is -2.20. The molecule has 0 radical (unpaired) electrons. The summed E-state index contributed by atoms with van der Waals surface area (Å²) >= 11 is 3.31. The lowest BCUT2D eigenvalue weighted by Crippen LogP contribution is -2.32. The lowest BCUT2D eigenvalue weighted by atomic mass is 10.2. The molecule has 4 nitrogen and oxygen atoms in total. The van der Waals surface area contributed by atoms with Gasteiger partial charge in [-0.05, 0) is 36.0 Å². The molecule has 1 N–H and O–H groups in total. The largest absolute Gasteiger partial charge is 0.466 e. The third kappa shape index (κ3) is 2.83. The molecule has 15 heavy (non-hydrogen) atoms. The minimum absolute atomic E-state index is 0.343. The topological polar surface area (TPSA) is 59.3 Å². The van der Waals surface area contributed by atoms with E-state index in [0.717, 1.165) is 4.47 Å². The lowest BCUT2D eigenvalue weighted by molar-refractivity contribution is 0.418. The van der Waals surface area contributed by atoms with E-state index < -0.39 is 15.1 Å². The van der Waals surface area contributed by atoms with Gasteiger partial charge in [0.25, 0.3) is 0 Å². The van der Waals surface area contributed by atoms with Gasteiger partial charge in [0, 0.05) is 6.26 Å². The Hall–Kier alpha value is -0.330. The van der Waals surface area contributed by atoms with Crippen LogP contribution in [0.15, 0.2) is 21.2 Å². The van der Waals surface area contributed by atoms with Crippen molar-refractivity contribution in [1.82, 2.24) is 5.32 Å². The molecule has 2 atom stereocenters. The number of halogens is 1.